The van der Waals surface area contributed by atoms with Gasteiger partial charge in [0.1, 0.15) is 5.82 Å². The summed E-state index contributed by atoms with van der Waals surface area (Å²) in [5, 5.41) is 4.42. The molecule has 28 heavy (non-hydrogen) atoms. The molecule has 1 aromatic carbocycles. The lowest BCUT2D eigenvalue weighted by Gasteiger charge is -2.37. The van der Waals surface area contributed by atoms with E-state index in [-0.39, 0.29) is 11.8 Å². The van der Waals surface area contributed by atoms with Crippen molar-refractivity contribution in [1.82, 2.24) is 19.5 Å². The molecule has 0 unspecified atom stereocenters. The molecule has 3 aromatic rings. The first-order valence-electron chi connectivity index (χ1n) is 9.73. The standard InChI is InChI=1S/C21H26N6O/c1-15(2)19(22)21(28)26-12-10-25(11-13-26)18-8-9-27-20(24-18)17(14-23-27)16-6-4-3-5-7-16/h3-9,14-15,19H,10-13,22H2,1-2H3/t19-/m0/s1. The second-order valence-electron chi connectivity index (χ2n) is 7.56. The molecule has 7 heteroatoms. The van der Waals surface area contributed by atoms with E-state index >= 15 is 0 Å². The number of nitrogens with zero attached hydrogens (tertiary/aromatic N) is 5. The summed E-state index contributed by atoms with van der Waals surface area (Å²) >= 11 is 0. The van der Waals surface area contributed by atoms with E-state index in [2.05, 4.69) is 22.1 Å². The molecule has 4 rings (SSSR count). The van der Waals surface area contributed by atoms with Gasteiger partial charge in [-0.05, 0) is 17.5 Å². The van der Waals surface area contributed by atoms with E-state index in [1.54, 1.807) is 4.52 Å². The number of nitrogens with two attached hydrogens (primary N) is 1. The van der Waals surface area contributed by atoms with Gasteiger partial charge in [-0.25, -0.2) is 9.50 Å². The van der Waals surface area contributed by atoms with Crippen LogP contribution < -0.4 is 10.6 Å². The Balaban J connectivity index is 1.52. The molecular weight excluding hydrogens is 352 g/mol. The van der Waals surface area contributed by atoms with E-state index in [1.165, 1.54) is 0 Å². The maximum absolute atomic E-state index is 12.5. The van der Waals surface area contributed by atoms with Crippen molar-refractivity contribution in [2.75, 3.05) is 31.1 Å². The van der Waals surface area contributed by atoms with Crippen molar-refractivity contribution in [2.24, 2.45) is 11.7 Å². The number of rotatable bonds is 4. The first-order chi connectivity index (χ1) is 13.5. The lowest BCUT2D eigenvalue weighted by atomic mass is 10.0. The lowest BCUT2D eigenvalue weighted by molar-refractivity contribution is -0.133. The molecule has 1 saturated heterocycles. The van der Waals surface area contributed by atoms with Gasteiger partial charge in [-0.1, -0.05) is 44.2 Å². The van der Waals surface area contributed by atoms with E-state index in [0.717, 1.165) is 35.7 Å². The maximum Gasteiger partial charge on any atom is 0.239 e. The molecule has 7 nitrogen and oxygen atoms in total. The third-order valence-corrected chi connectivity index (χ3v) is 5.36. The van der Waals surface area contributed by atoms with Crippen LogP contribution in [-0.4, -0.2) is 57.6 Å². The van der Waals surface area contributed by atoms with Gasteiger partial charge >= 0.3 is 0 Å². The molecule has 1 amide bonds. The Kier molecular flexibility index (Phi) is 5.00. The minimum absolute atomic E-state index is 0.0419. The molecule has 1 aliphatic rings. The number of hydrogen-bond acceptors (Lipinski definition) is 5. The predicted molar refractivity (Wildman–Crippen MR) is 110 cm³/mol. The fourth-order valence-corrected chi connectivity index (χ4v) is 3.51. The van der Waals surface area contributed by atoms with Gasteiger partial charge in [-0.3, -0.25) is 4.79 Å². The summed E-state index contributed by atoms with van der Waals surface area (Å²) in [6, 6.07) is 11.7. The summed E-state index contributed by atoms with van der Waals surface area (Å²) in [4.78, 5) is 21.4. The number of fused-ring (bicyclic) bond motifs is 1. The molecule has 2 aromatic heterocycles. The van der Waals surface area contributed by atoms with E-state index in [1.807, 2.05) is 55.4 Å². The van der Waals surface area contributed by atoms with E-state index in [0.29, 0.717) is 13.1 Å². The molecule has 3 heterocycles. The van der Waals surface area contributed by atoms with E-state index in [9.17, 15) is 4.79 Å². The van der Waals surface area contributed by atoms with Crippen LogP contribution in [0, 0.1) is 5.92 Å². The summed E-state index contributed by atoms with van der Waals surface area (Å²) in [6.45, 7) is 6.78. The van der Waals surface area contributed by atoms with Crippen LogP contribution in [0.4, 0.5) is 5.82 Å². The van der Waals surface area contributed by atoms with Crippen molar-refractivity contribution in [3.63, 3.8) is 0 Å². The highest BCUT2D eigenvalue weighted by Crippen LogP contribution is 2.25. The summed E-state index contributed by atoms with van der Waals surface area (Å²) in [7, 11) is 0. The SMILES string of the molecule is CC(C)[C@H](N)C(=O)N1CCN(c2ccn3ncc(-c4ccccc4)c3n2)CC1. The van der Waals surface area contributed by atoms with Gasteiger partial charge in [0, 0.05) is 37.9 Å². The van der Waals surface area contributed by atoms with Crippen LogP contribution in [0.5, 0.6) is 0 Å². The molecule has 0 saturated carbocycles. The van der Waals surface area contributed by atoms with Crippen molar-refractivity contribution in [1.29, 1.82) is 0 Å². The minimum Gasteiger partial charge on any atom is -0.353 e. The van der Waals surface area contributed by atoms with Crippen LogP contribution in [0.3, 0.4) is 0 Å². The zero-order valence-corrected chi connectivity index (χ0v) is 16.3. The molecule has 1 fully saturated rings. The average Bonchev–Trinajstić information content (AvgIpc) is 3.16. The Morgan fingerprint density at radius 3 is 2.46 bits per heavy atom. The number of hydrogen-bond donors (Lipinski definition) is 1. The van der Waals surface area contributed by atoms with E-state index in [4.69, 9.17) is 10.7 Å². The number of carbonyl (C=O) groups is 1. The monoisotopic (exact) mass is 378 g/mol. The predicted octanol–water partition coefficient (Wildman–Crippen LogP) is 2.03. The van der Waals surface area contributed by atoms with Gasteiger partial charge in [0.05, 0.1) is 12.2 Å². The minimum atomic E-state index is -0.429. The third-order valence-electron chi connectivity index (χ3n) is 5.36. The first-order valence-corrected chi connectivity index (χ1v) is 9.73. The van der Waals surface area contributed by atoms with Crippen LogP contribution in [0.2, 0.25) is 0 Å². The molecule has 0 bridgehead atoms. The third kappa shape index (κ3) is 3.45. The zero-order chi connectivity index (χ0) is 19.7. The topological polar surface area (TPSA) is 79.8 Å². The fourth-order valence-electron chi connectivity index (χ4n) is 3.51. The van der Waals surface area contributed by atoms with Gasteiger partial charge in [0.2, 0.25) is 5.91 Å². The van der Waals surface area contributed by atoms with Crippen LogP contribution in [-0.2, 0) is 4.79 Å². The number of benzene rings is 1. The fraction of sp³-hybridized carbons (Fsp3) is 0.381. The van der Waals surface area contributed by atoms with Crippen LogP contribution in [0.1, 0.15) is 13.8 Å². The Morgan fingerprint density at radius 2 is 1.79 bits per heavy atom. The van der Waals surface area contributed by atoms with Crippen LogP contribution >= 0.6 is 0 Å². The lowest BCUT2D eigenvalue weighted by Crippen LogP contribution is -2.54. The first kappa shape index (κ1) is 18.4. The molecule has 0 aliphatic carbocycles. The number of aromatic nitrogens is 3. The Morgan fingerprint density at radius 1 is 1.07 bits per heavy atom. The van der Waals surface area contributed by atoms with E-state index < -0.39 is 6.04 Å². The highest BCUT2D eigenvalue weighted by atomic mass is 16.2. The number of anilines is 1. The molecule has 1 aliphatic heterocycles. The molecule has 146 valence electrons. The normalized spacial score (nSPS) is 16.0. The van der Waals surface area contributed by atoms with Crippen molar-refractivity contribution < 1.29 is 4.79 Å². The smallest absolute Gasteiger partial charge is 0.239 e. The Labute approximate surface area is 164 Å². The highest BCUT2D eigenvalue weighted by molar-refractivity contribution is 5.82. The number of piperazine rings is 1. The zero-order valence-electron chi connectivity index (χ0n) is 16.3. The van der Waals surface area contributed by atoms with Gasteiger partial charge in [-0.15, -0.1) is 0 Å². The van der Waals surface area contributed by atoms with Gasteiger partial charge in [-0.2, -0.15) is 5.10 Å². The van der Waals surface area contributed by atoms with Crippen LogP contribution in [0.25, 0.3) is 16.8 Å². The van der Waals surface area contributed by atoms with Gasteiger partial charge < -0.3 is 15.5 Å². The van der Waals surface area contributed by atoms with Gasteiger partial charge in [0.15, 0.2) is 5.65 Å². The summed E-state index contributed by atoms with van der Waals surface area (Å²) in [5.41, 5.74) is 8.98. The van der Waals surface area contributed by atoms with Crippen molar-refractivity contribution in [3.05, 3.63) is 48.8 Å². The van der Waals surface area contributed by atoms with Crippen molar-refractivity contribution in [3.8, 4) is 11.1 Å². The number of carbonyl (C=O) groups excluding carboxylic acids is 1. The second kappa shape index (κ2) is 7.59. The molecule has 2 N–H and O–H groups in total. The molecule has 0 spiro atoms. The number of amides is 1. The molecule has 0 radical (unpaired) electrons. The molecular formula is C21H26N6O. The summed E-state index contributed by atoms with van der Waals surface area (Å²) < 4.78 is 1.80. The summed E-state index contributed by atoms with van der Waals surface area (Å²) in [6.07, 6.45) is 3.79. The maximum atomic E-state index is 12.5. The largest absolute Gasteiger partial charge is 0.353 e. The highest BCUT2D eigenvalue weighted by Gasteiger charge is 2.27. The molecule has 1 atom stereocenters. The Hall–Kier alpha value is -2.93. The van der Waals surface area contributed by atoms with Gasteiger partial charge in [0.25, 0.3) is 0 Å². The van der Waals surface area contributed by atoms with Crippen LogP contribution in [0.15, 0.2) is 48.8 Å². The Bertz CT molecular complexity index is 959. The second-order valence-corrected chi connectivity index (χ2v) is 7.56. The van der Waals surface area contributed by atoms with Crippen molar-refractivity contribution in [2.45, 2.75) is 19.9 Å². The average molecular weight is 378 g/mol. The van der Waals surface area contributed by atoms with Crippen molar-refractivity contribution >= 4 is 17.4 Å². The quantitative estimate of drug-likeness (QED) is 0.751. The summed E-state index contributed by atoms with van der Waals surface area (Å²) in [5.74, 6) is 1.10.